The van der Waals surface area contributed by atoms with Crippen LogP contribution in [0.2, 0.25) is 0 Å². The summed E-state index contributed by atoms with van der Waals surface area (Å²) in [5.41, 5.74) is 1.22. The Kier molecular flexibility index (Phi) is 3.87. The lowest BCUT2D eigenvalue weighted by Crippen LogP contribution is -2.17. The molecule has 100 valence electrons. The van der Waals surface area contributed by atoms with E-state index in [1.165, 1.54) is 5.56 Å². The van der Waals surface area contributed by atoms with E-state index in [0.29, 0.717) is 5.92 Å². The molecule has 3 rings (SSSR count). The van der Waals surface area contributed by atoms with Crippen LogP contribution in [0.15, 0.2) is 30.3 Å². The maximum absolute atomic E-state index is 5.42. The summed E-state index contributed by atoms with van der Waals surface area (Å²) in [5.74, 6) is 0.430. The van der Waals surface area contributed by atoms with Gasteiger partial charge in [0.25, 0.3) is 0 Å². The smallest absolute Gasteiger partial charge is 0.139 e. The first-order valence-electron chi connectivity index (χ1n) is 6.51. The lowest BCUT2D eigenvalue weighted by Gasteiger charge is -2.12. The summed E-state index contributed by atoms with van der Waals surface area (Å²) in [6.45, 7) is 1.62. The van der Waals surface area contributed by atoms with Crippen molar-refractivity contribution >= 4 is 11.3 Å². The van der Waals surface area contributed by atoms with Crippen LogP contribution >= 0.6 is 11.3 Å². The molecule has 2 atom stereocenters. The van der Waals surface area contributed by atoms with Crippen LogP contribution in [0.1, 0.15) is 34.0 Å². The summed E-state index contributed by atoms with van der Waals surface area (Å²) in [5, 5.41) is 14.1. The highest BCUT2D eigenvalue weighted by atomic mass is 32.1. The van der Waals surface area contributed by atoms with Gasteiger partial charge in [0, 0.05) is 12.5 Å². The summed E-state index contributed by atoms with van der Waals surface area (Å²) in [6.07, 6.45) is 1.06. The fraction of sp³-hybridized carbons (Fsp3) is 0.429. The SMILES string of the molecule is CNC(c1ccccc1)c1nnc(C2CCOC2)s1. The molecule has 1 aromatic heterocycles. The van der Waals surface area contributed by atoms with Crippen molar-refractivity contribution in [3.8, 4) is 0 Å². The van der Waals surface area contributed by atoms with Crippen LogP contribution in [0.25, 0.3) is 0 Å². The third kappa shape index (κ3) is 2.68. The highest BCUT2D eigenvalue weighted by Crippen LogP contribution is 2.31. The Balaban J connectivity index is 1.84. The van der Waals surface area contributed by atoms with Gasteiger partial charge in [0.1, 0.15) is 10.0 Å². The minimum absolute atomic E-state index is 0.120. The van der Waals surface area contributed by atoms with Crippen LogP contribution in [0.5, 0.6) is 0 Å². The molecule has 0 radical (unpaired) electrons. The van der Waals surface area contributed by atoms with Gasteiger partial charge in [-0.3, -0.25) is 0 Å². The van der Waals surface area contributed by atoms with E-state index in [9.17, 15) is 0 Å². The average molecular weight is 275 g/mol. The van der Waals surface area contributed by atoms with E-state index < -0.39 is 0 Å². The first-order chi connectivity index (χ1) is 9.38. The Morgan fingerprint density at radius 1 is 1.32 bits per heavy atom. The minimum Gasteiger partial charge on any atom is -0.381 e. The zero-order valence-electron chi connectivity index (χ0n) is 10.9. The highest BCUT2D eigenvalue weighted by molar-refractivity contribution is 7.11. The summed E-state index contributed by atoms with van der Waals surface area (Å²) in [6, 6.07) is 10.5. The third-order valence-corrected chi connectivity index (χ3v) is 4.55. The van der Waals surface area contributed by atoms with E-state index in [1.807, 2.05) is 25.2 Å². The standard InChI is InChI=1S/C14H17N3OS/c1-15-12(10-5-3-2-4-6-10)14-17-16-13(19-14)11-7-8-18-9-11/h2-6,11-12,15H,7-9H2,1H3. The van der Waals surface area contributed by atoms with Gasteiger partial charge in [0.2, 0.25) is 0 Å². The van der Waals surface area contributed by atoms with Crippen molar-refractivity contribution in [3.05, 3.63) is 45.9 Å². The van der Waals surface area contributed by atoms with Gasteiger partial charge in [-0.25, -0.2) is 0 Å². The molecule has 0 saturated carbocycles. The first kappa shape index (κ1) is 12.7. The van der Waals surface area contributed by atoms with Crippen molar-refractivity contribution in [2.24, 2.45) is 0 Å². The van der Waals surface area contributed by atoms with Crippen LogP contribution in [0.4, 0.5) is 0 Å². The molecule has 19 heavy (non-hydrogen) atoms. The Morgan fingerprint density at radius 3 is 2.84 bits per heavy atom. The predicted octanol–water partition coefficient (Wildman–Crippen LogP) is 2.35. The molecule has 0 amide bonds. The van der Waals surface area contributed by atoms with E-state index in [4.69, 9.17) is 4.74 Å². The number of benzene rings is 1. The van der Waals surface area contributed by atoms with Crippen LogP contribution in [-0.2, 0) is 4.74 Å². The molecule has 1 aromatic carbocycles. The van der Waals surface area contributed by atoms with Gasteiger partial charge in [-0.15, -0.1) is 10.2 Å². The van der Waals surface area contributed by atoms with Gasteiger partial charge in [-0.05, 0) is 19.0 Å². The number of nitrogens with zero attached hydrogens (tertiary/aromatic N) is 2. The zero-order chi connectivity index (χ0) is 13.1. The van der Waals surface area contributed by atoms with E-state index in [0.717, 1.165) is 29.6 Å². The molecule has 1 aliphatic rings. The maximum Gasteiger partial charge on any atom is 0.139 e. The van der Waals surface area contributed by atoms with Crippen molar-refractivity contribution in [1.29, 1.82) is 0 Å². The van der Waals surface area contributed by atoms with E-state index in [2.05, 4.69) is 27.6 Å². The Hall–Kier alpha value is -1.30. The van der Waals surface area contributed by atoms with Crippen LogP contribution in [0.3, 0.4) is 0 Å². The van der Waals surface area contributed by atoms with Crippen molar-refractivity contribution in [3.63, 3.8) is 0 Å². The fourth-order valence-corrected chi connectivity index (χ4v) is 3.44. The van der Waals surface area contributed by atoms with Gasteiger partial charge >= 0.3 is 0 Å². The second kappa shape index (κ2) is 5.77. The average Bonchev–Trinajstić information content (AvgIpc) is 3.11. The molecule has 1 aliphatic heterocycles. The lowest BCUT2D eigenvalue weighted by molar-refractivity contribution is 0.194. The number of ether oxygens (including phenoxy) is 1. The third-order valence-electron chi connectivity index (χ3n) is 3.40. The topological polar surface area (TPSA) is 47.0 Å². The van der Waals surface area contributed by atoms with Gasteiger partial charge in [-0.1, -0.05) is 41.7 Å². The summed E-state index contributed by atoms with van der Waals surface area (Å²) < 4.78 is 5.42. The summed E-state index contributed by atoms with van der Waals surface area (Å²) in [7, 11) is 1.96. The molecular weight excluding hydrogens is 258 g/mol. The number of hydrogen-bond donors (Lipinski definition) is 1. The van der Waals surface area contributed by atoms with Gasteiger partial charge < -0.3 is 10.1 Å². The molecule has 5 heteroatoms. The van der Waals surface area contributed by atoms with Gasteiger partial charge in [0.05, 0.1) is 12.6 Å². The van der Waals surface area contributed by atoms with Crippen molar-refractivity contribution in [2.45, 2.75) is 18.4 Å². The normalized spacial score (nSPS) is 20.6. The molecule has 4 nitrogen and oxygen atoms in total. The van der Waals surface area contributed by atoms with Gasteiger partial charge in [0.15, 0.2) is 0 Å². The monoisotopic (exact) mass is 275 g/mol. The quantitative estimate of drug-likeness (QED) is 0.930. The molecule has 0 spiro atoms. The zero-order valence-corrected chi connectivity index (χ0v) is 11.7. The molecular formula is C14H17N3OS. The molecule has 1 fully saturated rings. The van der Waals surface area contributed by atoms with Crippen molar-refractivity contribution < 1.29 is 4.74 Å². The second-order valence-electron chi connectivity index (χ2n) is 4.67. The fourth-order valence-electron chi connectivity index (χ4n) is 2.34. The van der Waals surface area contributed by atoms with Crippen molar-refractivity contribution in [1.82, 2.24) is 15.5 Å². The Morgan fingerprint density at radius 2 is 2.16 bits per heavy atom. The van der Waals surface area contributed by atoms with Crippen LogP contribution in [0, 0.1) is 0 Å². The molecule has 2 unspecified atom stereocenters. The summed E-state index contributed by atoms with van der Waals surface area (Å²) >= 11 is 1.69. The Labute approximate surface area is 116 Å². The molecule has 0 bridgehead atoms. The second-order valence-corrected chi connectivity index (χ2v) is 5.71. The molecule has 0 aliphatic carbocycles. The van der Waals surface area contributed by atoms with Crippen molar-refractivity contribution in [2.75, 3.05) is 20.3 Å². The van der Waals surface area contributed by atoms with Crippen LogP contribution < -0.4 is 5.32 Å². The molecule has 2 heterocycles. The molecule has 2 aromatic rings. The Bertz CT molecular complexity index is 522. The van der Waals surface area contributed by atoms with E-state index in [-0.39, 0.29) is 6.04 Å². The minimum atomic E-state index is 0.120. The molecule has 1 saturated heterocycles. The number of aromatic nitrogens is 2. The lowest BCUT2D eigenvalue weighted by atomic mass is 10.1. The van der Waals surface area contributed by atoms with E-state index >= 15 is 0 Å². The number of hydrogen-bond acceptors (Lipinski definition) is 5. The highest BCUT2D eigenvalue weighted by Gasteiger charge is 2.24. The number of rotatable bonds is 4. The van der Waals surface area contributed by atoms with E-state index in [1.54, 1.807) is 11.3 Å². The predicted molar refractivity (Wildman–Crippen MR) is 75.4 cm³/mol. The van der Waals surface area contributed by atoms with Gasteiger partial charge in [-0.2, -0.15) is 0 Å². The first-order valence-corrected chi connectivity index (χ1v) is 7.33. The largest absolute Gasteiger partial charge is 0.381 e. The maximum atomic E-state index is 5.42. The summed E-state index contributed by atoms with van der Waals surface area (Å²) in [4.78, 5) is 0. The number of nitrogens with one attached hydrogen (secondary N) is 1. The van der Waals surface area contributed by atoms with Crippen LogP contribution in [-0.4, -0.2) is 30.5 Å². The molecule has 1 N–H and O–H groups in total.